The number of rotatable bonds is 4. The number of nitrogens with zero attached hydrogens (tertiary/aromatic N) is 5. The third kappa shape index (κ3) is 3.78. The van der Waals surface area contributed by atoms with Gasteiger partial charge in [-0.3, -0.25) is 9.59 Å². The second kappa shape index (κ2) is 6.66. The Bertz CT molecular complexity index is 505. The van der Waals surface area contributed by atoms with E-state index < -0.39 is 0 Å². The summed E-state index contributed by atoms with van der Waals surface area (Å²) < 4.78 is 1.50. The first-order valence-electron chi connectivity index (χ1n) is 7.09. The Balaban J connectivity index is 1.84. The Morgan fingerprint density at radius 3 is 2.57 bits per heavy atom. The van der Waals surface area contributed by atoms with Gasteiger partial charge in [-0.1, -0.05) is 5.21 Å². The first-order valence-corrected chi connectivity index (χ1v) is 7.09. The van der Waals surface area contributed by atoms with Crippen molar-refractivity contribution in [3.8, 4) is 0 Å². The van der Waals surface area contributed by atoms with E-state index in [9.17, 15) is 9.59 Å². The fourth-order valence-corrected chi connectivity index (χ4v) is 2.49. The predicted octanol–water partition coefficient (Wildman–Crippen LogP) is -0.936. The maximum absolute atomic E-state index is 12.2. The largest absolute Gasteiger partial charge is 0.349 e. The van der Waals surface area contributed by atoms with Crippen LogP contribution in [0.4, 0.5) is 0 Å². The molecule has 0 unspecified atom stereocenters. The summed E-state index contributed by atoms with van der Waals surface area (Å²) in [4.78, 5) is 27.5. The Labute approximate surface area is 123 Å². The third-order valence-electron chi connectivity index (χ3n) is 3.73. The highest BCUT2D eigenvalue weighted by molar-refractivity contribution is 5.79. The summed E-state index contributed by atoms with van der Waals surface area (Å²) >= 11 is 0. The smallest absolute Gasteiger partial charge is 0.244 e. The highest BCUT2D eigenvalue weighted by Gasteiger charge is 2.28. The van der Waals surface area contributed by atoms with Crippen molar-refractivity contribution >= 4 is 11.8 Å². The molecule has 1 saturated heterocycles. The molecule has 0 atom stereocenters. The molecule has 116 valence electrons. The molecule has 2 amide bonds. The molecule has 0 spiro atoms. The van der Waals surface area contributed by atoms with Crippen LogP contribution >= 0.6 is 0 Å². The standard InChI is InChI=1S/C13H22N6O2/c1-17(2)13(21)10-3-5-18(6-4-10)12(20)9-19-8-11(7-14)15-16-19/h8,10H,3-7,9,14H2,1-2H3. The van der Waals surface area contributed by atoms with Crippen molar-refractivity contribution < 1.29 is 9.59 Å². The average molecular weight is 294 g/mol. The van der Waals surface area contributed by atoms with Crippen LogP contribution in [0.2, 0.25) is 0 Å². The molecule has 1 aromatic rings. The average Bonchev–Trinajstić information content (AvgIpc) is 2.94. The summed E-state index contributed by atoms with van der Waals surface area (Å²) in [6.07, 6.45) is 3.11. The number of hydrogen-bond acceptors (Lipinski definition) is 5. The molecule has 2 rings (SSSR count). The van der Waals surface area contributed by atoms with Crippen molar-refractivity contribution in [1.82, 2.24) is 24.8 Å². The predicted molar refractivity (Wildman–Crippen MR) is 75.9 cm³/mol. The minimum atomic E-state index is -0.000719. The second-order valence-electron chi connectivity index (χ2n) is 5.50. The van der Waals surface area contributed by atoms with E-state index in [0.29, 0.717) is 38.2 Å². The number of amides is 2. The van der Waals surface area contributed by atoms with Crippen LogP contribution in [0, 0.1) is 5.92 Å². The molecule has 1 aliphatic heterocycles. The molecule has 1 aliphatic rings. The second-order valence-corrected chi connectivity index (χ2v) is 5.50. The van der Waals surface area contributed by atoms with E-state index in [-0.39, 0.29) is 24.3 Å². The molecule has 8 nitrogen and oxygen atoms in total. The van der Waals surface area contributed by atoms with E-state index in [1.54, 1.807) is 30.1 Å². The van der Waals surface area contributed by atoms with Gasteiger partial charge in [-0.15, -0.1) is 5.10 Å². The summed E-state index contributed by atoms with van der Waals surface area (Å²) in [6.45, 7) is 1.70. The van der Waals surface area contributed by atoms with Crippen LogP contribution in [0.5, 0.6) is 0 Å². The first-order chi connectivity index (χ1) is 10.0. The van der Waals surface area contributed by atoms with E-state index >= 15 is 0 Å². The zero-order chi connectivity index (χ0) is 15.4. The van der Waals surface area contributed by atoms with Crippen molar-refractivity contribution in [3.05, 3.63) is 11.9 Å². The lowest BCUT2D eigenvalue weighted by Gasteiger charge is -2.32. The summed E-state index contributed by atoms with van der Waals surface area (Å²) in [5, 5.41) is 7.72. The van der Waals surface area contributed by atoms with Crippen molar-refractivity contribution in [3.63, 3.8) is 0 Å². The summed E-state index contributed by atoms with van der Waals surface area (Å²) in [5.41, 5.74) is 6.12. The van der Waals surface area contributed by atoms with Crippen LogP contribution in [0.1, 0.15) is 18.5 Å². The van der Waals surface area contributed by atoms with Crippen LogP contribution in [-0.2, 0) is 22.7 Å². The maximum Gasteiger partial charge on any atom is 0.244 e. The van der Waals surface area contributed by atoms with Crippen LogP contribution < -0.4 is 5.73 Å². The number of likely N-dealkylation sites (tertiary alicyclic amines) is 1. The van der Waals surface area contributed by atoms with Gasteiger partial charge in [-0.25, -0.2) is 4.68 Å². The van der Waals surface area contributed by atoms with Crippen molar-refractivity contribution in [2.24, 2.45) is 11.7 Å². The van der Waals surface area contributed by atoms with Crippen molar-refractivity contribution in [1.29, 1.82) is 0 Å². The van der Waals surface area contributed by atoms with Crippen LogP contribution in [0.3, 0.4) is 0 Å². The van der Waals surface area contributed by atoms with Gasteiger partial charge in [0.25, 0.3) is 0 Å². The monoisotopic (exact) mass is 294 g/mol. The van der Waals surface area contributed by atoms with Gasteiger partial charge in [-0.05, 0) is 12.8 Å². The summed E-state index contributed by atoms with van der Waals surface area (Å²) in [7, 11) is 3.53. The van der Waals surface area contributed by atoms with Gasteiger partial charge >= 0.3 is 0 Å². The zero-order valence-electron chi connectivity index (χ0n) is 12.5. The molecular weight excluding hydrogens is 272 g/mol. The molecule has 8 heteroatoms. The number of nitrogens with two attached hydrogens (primary N) is 1. The van der Waals surface area contributed by atoms with Gasteiger partial charge in [0.05, 0.1) is 11.9 Å². The molecule has 1 fully saturated rings. The molecule has 0 bridgehead atoms. The highest BCUT2D eigenvalue weighted by Crippen LogP contribution is 2.19. The minimum Gasteiger partial charge on any atom is -0.349 e. The molecule has 0 aromatic carbocycles. The van der Waals surface area contributed by atoms with Crippen molar-refractivity contribution in [2.45, 2.75) is 25.9 Å². The molecule has 21 heavy (non-hydrogen) atoms. The summed E-state index contributed by atoms with van der Waals surface area (Å²) in [6, 6.07) is 0. The van der Waals surface area contributed by atoms with Gasteiger partial charge in [0, 0.05) is 39.6 Å². The quantitative estimate of drug-likeness (QED) is 0.773. The number of carbonyl (C=O) groups is 2. The third-order valence-corrected chi connectivity index (χ3v) is 3.73. The van der Waals surface area contributed by atoms with Gasteiger partial charge in [-0.2, -0.15) is 0 Å². The fraction of sp³-hybridized carbons (Fsp3) is 0.692. The topological polar surface area (TPSA) is 97.4 Å². The zero-order valence-corrected chi connectivity index (χ0v) is 12.5. The van der Waals surface area contributed by atoms with Gasteiger partial charge in [0.2, 0.25) is 11.8 Å². The number of aromatic nitrogens is 3. The fourth-order valence-electron chi connectivity index (χ4n) is 2.49. The van der Waals surface area contributed by atoms with E-state index in [1.165, 1.54) is 4.68 Å². The van der Waals surface area contributed by atoms with E-state index in [0.717, 1.165) is 0 Å². The van der Waals surface area contributed by atoms with Gasteiger partial charge in [0.1, 0.15) is 6.54 Å². The Hall–Kier alpha value is -1.96. The Morgan fingerprint density at radius 1 is 1.38 bits per heavy atom. The molecule has 0 aliphatic carbocycles. The minimum absolute atomic E-state index is 0.000719. The normalized spacial score (nSPS) is 16.0. The number of piperidine rings is 1. The summed E-state index contributed by atoms with van der Waals surface area (Å²) in [5.74, 6) is 0.171. The van der Waals surface area contributed by atoms with E-state index in [1.807, 2.05) is 0 Å². The number of hydrogen-bond donors (Lipinski definition) is 1. The SMILES string of the molecule is CN(C)C(=O)C1CCN(C(=O)Cn2cc(CN)nn2)CC1. The van der Waals surface area contributed by atoms with E-state index in [2.05, 4.69) is 10.3 Å². The molecule has 0 radical (unpaired) electrons. The van der Waals surface area contributed by atoms with Crippen LogP contribution in [0.15, 0.2) is 6.20 Å². The Morgan fingerprint density at radius 2 is 2.05 bits per heavy atom. The molecular formula is C13H22N6O2. The lowest BCUT2D eigenvalue weighted by Crippen LogP contribution is -2.43. The Kier molecular flexibility index (Phi) is 4.89. The molecule has 2 heterocycles. The lowest BCUT2D eigenvalue weighted by molar-refractivity contribution is -0.139. The van der Waals surface area contributed by atoms with E-state index in [4.69, 9.17) is 5.73 Å². The number of carbonyl (C=O) groups excluding carboxylic acids is 2. The first kappa shape index (κ1) is 15.4. The van der Waals surface area contributed by atoms with Gasteiger partial charge < -0.3 is 15.5 Å². The van der Waals surface area contributed by atoms with Crippen molar-refractivity contribution in [2.75, 3.05) is 27.2 Å². The lowest BCUT2D eigenvalue weighted by atomic mass is 9.95. The molecule has 1 aromatic heterocycles. The van der Waals surface area contributed by atoms with Crippen LogP contribution in [0.25, 0.3) is 0 Å². The molecule has 0 saturated carbocycles. The van der Waals surface area contributed by atoms with Crippen LogP contribution in [-0.4, -0.2) is 63.8 Å². The highest BCUT2D eigenvalue weighted by atomic mass is 16.2. The maximum atomic E-state index is 12.2. The van der Waals surface area contributed by atoms with Gasteiger partial charge in [0.15, 0.2) is 0 Å². The molecule has 2 N–H and O–H groups in total.